The van der Waals surface area contributed by atoms with E-state index < -0.39 is 11.6 Å². The predicted molar refractivity (Wildman–Crippen MR) is 155 cm³/mol. The van der Waals surface area contributed by atoms with Gasteiger partial charge in [0, 0.05) is 23.1 Å². The van der Waals surface area contributed by atoms with Gasteiger partial charge in [-0.1, -0.05) is 37.3 Å². The number of benzene rings is 2. The lowest BCUT2D eigenvalue weighted by atomic mass is 9.74. The summed E-state index contributed by atoms with van der Waals surface area (Å²) in [5.74, 6) is -3.14. The lowest BCUT2D eigenvalue weighted by Gasteiger charge is -2.54. The average molecular weight is 640 g/mol. The highest BCUT2D eigenvalue weighted by Gasteiger charge is 2.50. The van der Waals surface area contributed by atoms with E-state index in [1.165, 1.54) is 9.58 Å². The Kier molecular flexibility index (Phi) is 6.79. The summed E-state index contributed by atoms with van der Waals surface area (Å²) in [6.45, 7) is 6.65. The normalized spacial score (nSPS) is 22.9. The number of hydrogen-bond donors (Lipinski definition) is 1. The third-order valence-corrected chi connectivity index (χ3v) is 9.42. The zero-order valence-electron chi connectivity index (χ0n) is 23.3. The number of imide groups is 1. The highest BCUT2D eigenvalue weighted by Crippen LogP contribution is 2.42. The van der Waals surface area contributed by atoms with Gasteiger partial charge in [0.05, 0.1) is 46.5 Å². The number of nitrogens with two attached hydrogens (primary N) is 1. The molecule has 3 aromatic rings. The zero-order chi connectivity index (χ0) is 30.1. The maximum atomic E-state index is 14.3. The van der Waals surface area contributed by atoms with Crippen molar-refractivity contribution >= 4 is 45.0 Å². The lowest BCUT2D eigenvalue weighted by molar-refractivity contribution is -0.122. The number of halogens is 3. The lowest BCUT2D eigenvalue weighted by Crippen LogP contribution is -2.65. The summed E-state index contributed by atoms with van der Waals surface area (Å²) in [5, 5.41) is 8.19. The van der Waals surface area contributed by atoms with Crippen molar-refractivity contribution in [3.05, 3.63) is 69.8 Å². The molecule has 2 N–H and O–H groups in total. The first kappa shape index (κ1) is 28.2. The molecule has 42 heavy (non-hydrogen) atoms. The molecular weight excluding hydrogens is 610 g/mol. The highest BCUT2D eigenvalue weighted by atomic mass is 79.9. The molecule has 3 aliphatic rings. The van der Waals surface area contributed by atoms with Gasteiger partial charge in [0.2, 0.25) is 11.8 Å². The molecule has 0 bridgehead atoms. The number of hydrogen-bond acceptors (Lipinski definition) is 6. The summed E-state index contributed by atoms with van der Waals surface area (Å²) < 4.78 is 29.7. The number of carbonyl (C=O) groups excluding carboxylic acids is 3. The standard InChI is InChI=1S/C30H29BrF2N6O3/c1-15-8-9-16(10-22(15)39-28(41)17-6-4-5-7-18(17)29(39)42)27(40)38-14-30(2,3)23(38)13-37-12-21(35-36-37)19-11-20(32)24(31)25(33)26(19)34/h4-5,8-12,17-18,23H,6-7,13-14,34H2,1-3H3. The van der Waals surface area contributed by atoms with Crippen LogP contribution in [0.2, 0.25) is 0 Å². The summed E-state index contributed by atoms with van der Waals surface area (Å²) in [5.41, 5.74) is 7.18. The molecule has 6 rings (SSSR count). The quantitative estimate of drug-likeness (QED) is 0.184. The maximum Gasteiger partial charge on any atom is 0.254 e. The highest BCUT2D eigenvalue weighted by molar-refractivity contribution is 9.10. The molecule has 1 aliphatic carbocycles. The third kappa shape index (κ3) is 4.43. The first-order valence-corrected chi connectivity index (χ1v) is 14.5. The fourth-order valence-electron chi connectivity index (χ4n) is 6.22. The number of carbonyl (C=O) groups is 3. The Bertz CT molecular complexity index is 1660. The summed E-state index contributed by atoms with van der Waals surface area (Å²) in [6, 6.07) is 5.91. The van der Waals surface area contributed by atoms with Gasteiger partial charge in [-0.2, -0.15) is 0 Å². The smallest absolute Gasteiger partial charge is 0.254 e. The number of amides is 3. The van der Waals surface area contributed by atoms with E-state index in [0.29, 0.717) is 30.6 Å². The van der Waals surface area contributed by atoms with Crippen LogP contribution in [-0.2, 0) is 16.1 Å². The molecule has 3 amide bonds. The second-order valence-corrected chi connectivity index (χ2v) is 12.7. The van der Waals surface area contributed by atoms with Crippen molar-refractivity contribution in [1.82, 2.24) is 19.9 Å². The predicted octanol–water partition coefficient (Wildman–Crippen LogP) is 4.88. The van der Waals surface area contributed by atoms with E-state index in [-0.39, 0.29) is 69.0 Å². The molecule has 2 aromatic carbocycles. The van der Waals surface area contributed by atoms with Crippen molar-refractivity contribution in [1.29, 1.82) is 0 Å². The molecule has 12 heteroatoms. The molecular formula is C30H29BrF2N6O3. The minimum atomic E-state index is -0.915. The molecule has 2 aliphatic heterocycles. The minimum absolute atomic E-state index is 0.0778. The Morgan fingerprint density at radius 1 is 1.12 bits per heavy atom. The first-order valence-electron chi connectivity index (χ1n) is 13.7. The van der Waals surface area contributed by atoms with Gasteiger partial charge in [0.15, 0.2) is 5.82 Å². The minimum Gasteiger partial charge on any atom is -0.396 e. The van der Waals surface area contributed by atoms with Crippen LogP contribution in [0.15, 0.2) is 47.1 Å². The Balaban J connectivity index is 1.24. The van der Waals surface area contributed by atoms with Gasteiger partial charge < -0.3 is 10.6 Å². The molecule has 3 atom stereocenters. The molecule has 0 spiro atoms. The average Bonchev–Trinajstić information content (AvgIpc) is 3.54. The molecule has 218 valence electrons. The molecule has 3 heterocycles. The molecule has 3 unspecified atom stereocenters. The number of likely N-dealkylation sites (tertiary alicyclic amines) is 1. The molecule has 0 saturated carbocycles. The monoisotopic (exact) mass is 638 g/mol. The van der Waals surface area contributed by atoms with Gasteiger partial charge in [0.1, 0.15) is 11.5 Å². The van der Waals surface area contributed by atoms with Crippen molar-refractivity contribution < 1.29 is 23.2 Å². The van der Waals surface area contributed by atoms with Crippen molar-refractivity contribution in [3.63, 3.8) is 0 Å². The van der Waals surface area contributed by atoms with Gasteiger partial charge in [0.25, 0.3) is 5.91 Å². The Labute approximate surface area is 249 Å². The van der Waals surface area contributed by atoms with Crippen LogP contribution in [-0.4, -0.2) is 50.2 Å². The summed E-state index contributed by atoms with van der Waals surface area (Å²) in [4.78, 5) is 43.2. The van der Waals surface area contributed by atoms with E-state index in [9.17, 15) is 23.2 Å². The van der Waals surface area contributed by atoms with Crippen LogP contribution in [0.5, 0.6) is 0 Å². The van der Waals surface area contributed by atoms with Crippen LogP contribution in [0.25, 0.3) is 11.3 Å². The van der Waals surface area contributed by atoms with E-state index in [1.54, 1.807) is 29.3 Å². The SMILES string of the molecule is Cc1ccc(C(=O)N2CC(C)(C)C2Cn2cc(-c3cc(F)c(Br)c(F)c3N)nn2)cc1N1C(=O)C2CC=CCC2C1=O. The van der Waals surface area contributed by atoms with Gasteiger partial charge >= 0.3 is 0 Å². The van der Waals surface area contributed by atoms with Gasteiger partial charge in [-0.25, -0.2) is 18.4 Å². The fraction of sp³-hybridized carbons (Fsp3) is 0.367. The first-order chi connectivity index (χ1) is 19.9. The van der Waals surface area contributed by atoms with Crippen molar-refractivity contribution in [2.45, 2.75) is 46.2 Å². The summed E-state index contributed by atoms with van der Waals surface area (Å²) in [6.07, 6.45) is 6.50. The van der Waals surface area contributed by atoms with Crippen LogP contribution in [0.4, 0.5) is 20.2 Å². The number of allylic oxidation sites excluding steroid dienone is 2. The van der Waals surface area contributed by atoms with E-state index in [1.807, 2.05) is 32.9 Å². The van der Waals surface area contributed by atoms with Crippen LogP contribution in [0.1, 0.15) is 42.6 Å². The van der Waals surface area contributed by atoms with Crippen LogP contribution in [0.3, 0.4) is 0 Å². The zero-order valence-corrected chi connectivity index (χ0v) is 24.9. The molecule has 2 saturated heterocycles. The van der Waals surface area contributed by atoms with Crippen LogP contribution in [0, 0.1) is 35.8 Å². The number of nitrogen functional groups attached to an aromatic ring is 1. The topological polar surface area (TPSA) is 114 Å². The number of fused-ring (bicyclic) bond motifs is 1. The van der Waals surface area contributed by atoms with Gasteiger partial charge in [-0.05, 0) is 59.5 Å². The Morgan fingerprint density at radius 2 is 1.79 bits per heavy atom. The molecule has 9 nitrogen and oxygen atoms in total. The maximum absolute atomic E-state index is 14.3. The second-order valence-electron chi connectivity index (χ2n) is 11.9. The van der Waals surface area contributed by atoms with Crippen LogP contribution >= 0.6 is 15.9 Å². The Hall–Kier alpha value is -3.93. The van der Waals surface area contributed by atoms with E-state index in [4.69, 9.17) is 5.73 Å². The Morgan fingerprint density at radius 3 is 2.43 bits per heavy atom. The van der Waals surface area contributed by atoms with E-state index >= 15 is 0 Å². The fourth-order valence-corrected chi connectivity index (χ4v) is 6.55. The summed E-state index contributed by atoms with van der Waals surface area (Å²) in [7, 11) is 0. The van der Waals surface area contributed by atoms with E-state index in [0.717, 1.165) is 11.6 Å². The van der Waals surface area contributed by atoms with Gasteiger partial charge in [-0.3, -0.25) is 14.4 Å². The van der Waals surface area contributed by atoms with Crippen molar-refractivity contribution in [3.8, 4) is 11.3 Å². The molecule has 0 radical (unpaired) electrons. The van der Waals surface area contributed by atoms with Crippen molar-refractivity contribution in [2.75, 3.05) is 17.2 Å². The second kappa shape index (κ2) is 10.1. The molecule has 1 aromatic heterocycles. The number of rotatable bonds is 5. The molecule has 2 fully saturated rings. The number of nitrogens with zero attached hydrogens (tertiary/aromatic N) is 5. The van der Waals surface area contributed by atoms with E-state index in [2.05, 4.69) is 26.2 Å². The third-order valence-electron chi connectivity index (χ3n) is 8.70. The number of aromatic nitrogens is 3. The van der Waals surface area contributed by atoms with Gasteiger partial charge in [-0.15, -0.1) is 5.10 Å². The number of aryl methyl sites for hydroxylation is 1. The summed E-state index contributed by atoms with van der Waals surface area (Å²) >= 11 is 2.84. The largest absolute Gasteiger partial charge is 0.396 e. The number of anilines is 2. The van der Waals surface area contributed by atoms with Crippen LogP contribution < -0.4 is 10.6 Å². The van der Waals surface area contributed by atoms with Crippen molar-refractivity contribution in [2.24, 2.45) is 17.3 Å².